The van der Waals surface area contributed by atoms with Crippen LogP contribution in [-0.4, -0.2) is 47.5 Å². The van der Waals surface area contributed by atoms with Crippen LogP contribution in [0.2, 0.25) is 0 Å². The number of hydrogen-bond donors (Lipinski definition) is 1. The van der Waals surface area contributed by atoms with Crippen molar-refractivity contribution in [3.05, 3.63) is 35.9 Å². The summed E-state index contributed by atoms with van der Waals surface area (Å²) in [5.74, 6) is 0. The Labute approximate surface area is 125 Å². The van der Waals surface area contributed by atoms with Crippen molar-refractivity contribution in [3.63, 3.8) is 0 Å². The first-order chi connectivity index (χ1) is 9.81. The van der Waals surface area contributed by atoms with Crippen molar-refractivity contribution in [2.75, 3.05) is 26.5 Å². The van der Waals surface area contributed by atoms with Crippen molar-refractivity contribution in [2.45, 2.75) is 25.5 Å². The molecule has 5 heteroatoms. The predicted molar refractivity (Wildman–Crippen MR) is 83.1 cm³/mol. The molecule has 0 unspecified atom stereocenters. The standard InChI is InChI=1S/C15H21N3OS/c20-15-16-11-17(9-13-5-2-1-3-6-13)12-18(15)10-14-7-4-8-19-14/h1-3,5-6,14H,4,7-12H2,(H,16,20)/t14-/m1/s1. The van der Waals surface area contributed by atoms with Crippen LogP contribution in [0.15, 0.2) is 30.3 Å². The monoisotopic (exact) mass is 291 g/mol. The van der Waals surface area contributed by atoms with Gasteiger partial charge < -0.3 is 15.0 Å². The summed E-state index contributed by atoms with van der Waals surface area (Å²) in [7, 11) is 0. The molecule has 1 atom stereocenters. The van der Waals surface area contributed by atoms with E-state index in [9.17, 15) is 0 Å². The van der Waals surface area contributed by atoms with E-state index in [0.29, 0.717) is 6.10 Å². The third-order valence-corrected chi connectivity index (χ3v) is 4.21. The van der Waals surface area contributed by atoms with Crippen molar-refractivity contribution in [2.24, 2.45) is 0 Å². The van der Waals surface area contributed by atoms with Crippen molar-refractivity contribution < 1.29 is 4.74 Å². The topological polar surface area (TPSA) is 27.7 Å². The van der Waals surface area contributed by atoms with Crippen molar-refractivity contribution in [1.29, 1.82) is 0 Å². The Hall–Kier alpha value is -1.17. The van der Waals surface area contributed by atoms with Crippen molar-refractivity contribution >= 4 is 17.3 Å². The molecule has 0 aliphatic carbocycles. The molecule has 4 nitrogen and oxygen atoms in total. The minimum absolute atomic E-state index is 0.339. The molecule has 1 N–H and O–H groups in total. The fourth-order valence-electron chi connectivity index (χ4n) is 2.77. The number of ether oxygens (including phenoxy) is 1. The molecule has 0 aromatic heterocycles. The second kappa shape index (κ2) is 6.52. The first-order valence-electron chi connectivity index (χ1n) is 7.22. The molecular weight excluding hydrogens is 270 g/mol. The lowest BCUT2D eigenvalue weighted by molar-refractivity contribution is 0.0639. The summed E-state index contributed by atoms with van der Waals surface area (Å²) in [6.45, 7) is 4.43. The molecule has 0 amide bonds. The van der Waals surface area contributed by atoms with Gasteiger partial charge in [0.25, 0.3) is 0 Å². The average Bonchev–Trinajstić information content (AvgIpc) is 2.97. The molecule has 2 fully saturated rings. The molecule has 1 aromatic rings. The zero-order valence-electron chi connectivity index (χ0n) is 11.6. The Morgan fingerprint density at radius 2 is 2.15 bits per heavy atom. The van der Waals surface area contributed by atoms with Crippen LogP contribution in [0.4, 0.5) is 0 Å². The lowest BCUT2D eigenvalue weighted by Gasteiger charge is -2.39. The molecule has 0 radical (unpaired) electrons. The van der Waals surface area contributed by atoms with E-state index in [1.165, 1.54) is 12.0 Å². The molecule has 20 heavy (non-hydrogen) atoms. The SMILES string of the molecule is S=C1NCN(Cc2ccccc2)CN1C[C@H]1CCCO1. The summed E-state index contributed by atoms with van der Waals surface area (Å²) in [4.78, 5) is 4.58. The van der Waals surface area contributed by atoms with Crippen LogP contribution in [0.25, 0.3) is 0 Å². The molecule has 0 bridgehead atoms. The number of nitrogens with one attached hydrogen (secondary N) is 1. The van der Waals surface area contributed by atoms with Crippen LogP contribution >= 0.6 is 12.2 Å². The van der Waals surface area contributed by atoms with Gasteiger partial charge in [0, 0.05) is 19.7 Å². The Morgan fingerprint density at radius 1 is 1.30 bits per heavy atom. The Balaban J connectivity index is 1.56. The van der Waals surface area contributed by atoms with Gasteiger partial charge >= 0.3 is 0 Å². The lowest BCUT2D eigenvalue weighted by atomic mass is 10.2. The van der Waals surface area contributed by atoms with Gasteiger partial charge in [0.05, 0.1) is 19.4 Å². The van der Waals surface area contributed by atoms with Gasteiger partial charge in [0.2, 0.25) is 0 Å². The van der Waals surface area contributed by atoms with Crippen LogP contribution in [0, 0.1) is 0 Å². The molecule has 3 rings (SSSR count). The van der Waals surface area contributed by atoms with Crippen LogP contribution in [-0.2, 0) is 11.3 Å². The largest absolute Gasteiger partial charge is 0.376 e. The summed E-state index contributed by atoms with van der Waals surface area (Å²) >= 11 is 5.41. The normalized spacial score (nSPS) is 23.9. The van der Waals surface area contributed by atoms with Gasteiger partial charge in [-0.05, 0) is 30.6 Å². The molecule has 108 valence electrons. The van der Waals surface area contributed by atoms with E-state index in [-0.39, 0.29) is 0 Å². The Bertz CT molecular complexity index is 448. The highest BCUT2D eigenvalue weighted by Gasteiger charge is 2.25. The summed E-state index contributed by atoms with van der Waals surface area (Å²) in [6, 6.07) is 10.6. The van der Waals surface area contributed by atoms with E-state index in [1.54, 1.807) is 0 Å². The minimum atomic E-state index is 0.339. The molecule has 2 saturated heterocycles. The number of rotatable bonds is 4. The fraction of sp³-hybridized carbons (Fsp3) is 0.533. The second-order valence-corrected chi connectivity index (χ2v) is 5.84. The maximum Gasteiger partial charge on any atom is 0.171 e. The second-order valence-electron chi connectivity index (χ2n) is 5.45. The van der Waals surface area contributed by atoms with Crippen LogP contribution < -0.4 is 5.32 Å². The van der Waals surface area contributed by atoms with E-state index in [0.717, 1.165) is 44.6 Å². The molecule has 0 spiro atoms. The zero-order valence-corrected chi connectivity index (χ0v) is 12.4. The van der Waals surface area contributed by atoms with Crippen molar-refractivity contribution in [3.8, 4) is 0 Å². The van der Waals surface area contributed by atoms with Gasteiger partial charge in [-0.25, -0.2) is 0 Å². The fourth-order valence-corrected chi connectivity index (χ4v) is 2.97. The van der Waals surface area contributed by atoms with Gasteiger partial charge in [0.1, 0.15) is 0 Å². The molecule has 1 aromatic carbocycles. The third kappa shape index (κ3) is 3.48. The maximum atomic E-state index is 5.71. The average molecular weight is 291 g/mol. The summed E-state index contributed by atoms with van der Waals surface area (Å²) in [5.41, 5.74) is 1.33. The van der Waals surface area contributed by atoms with E-state index >= 15 is 0 Å². The molecule has 2 aliphatic heterocycles. The molecule has 2 aliphatic rings. The van der Waals surface area contributed by atoms with Crippen LogP contribution in [0.3, 0.4) is 0 Å². The maximum absolute atomic E-state index is 5.71. The van der Waals surface area contributed by atoms with Gasteiger partial charge in [-0.2, -0.15) is 0 Å². The molecular formula is C15H21N3OS. The van der Waals surface area contributed by atoms with Crippen molar-refractivity contribution in [1.82, 2.24) is 15.1 Å². The summed E-state index contributed by atoms with van der Waals surface area (Å²) < 4.78 is 5.71. The third-order valence-electron chi connectivity index (χ3n) is 3.81. The van der Waals surface area contributed by atoms with E-state index < -0.39 is 0 Å². The number of nitrogens with zero attached hydrogens (tertiary/aromatic N) is 2. The van der Waals surface area contributed by atoms with Crippen LogP contribution in [0.1, 0.15) is 18.4 Å². The highest BCUT2D eigenvalue weighted by atomic mass is 32.1. The highest BCUT2D eigenvalue weighted by Crippen LogP contribution is 2.15. The lowest BCUT2D eigenvalue weighted by Crippen LogP contribution is -2.57. The van der Waals surface area contributed by atoms with Crippen LogP contribution in [0.5, 0.6) is 0 Å². The van der Waals surface area contributed by atoms with Gasteiger partial charge in [-0.1, -0.05) is 30.3 Å². The summed E-state index contributed by atoms with van der Waals surface area (Å²) in [6.07, 6.45) is 2.66. The van der Waals surface area contributed by atoms with Gasteiger partial charge in [-0.3, -0.25) is 4.90 Å². The van der Waals surface area contributed by atoms with E-state index in [2.05, 4.69) is 45.4 Å². The highest BCUT2D eigenvalue weighted by molar-refractivity contribution is 7.80. The van der Waals surface area contributed by atoms with Gasteiger partial charge in [-0.15, -0.1) is 0 Å². The van der Waals surface area contributed by atoms with Gasteiger partial charge in [0.15, 0.2) is 5.11 Å². The Kier molecular flexibility index (Phi) is 4.50. The number of thiocarbonyl (C=S) groups is 1. The first kappa shape index (κ1) is 13.8. The molecule has 0 saturated carbocycles. The number of benzene rings is 1. The minimum Gasteiger partial charge on any atom is -0.376 e. The quantitative estimate of drug-likeness (QED) is 0.854. The Morgan fingerprint density at radius 3 is 2.90 bits per heavy atom. The zero-order chi connectivity index (χ0) is 13.8. The first-order valence-corrected chi connectivity index (χ1v) is 7.63. The van der Waals surface area contributed by atoms with E-state index in [1.807, 2.05) is 0 Å². The van der Waals surface area contributed by atoms with E-state index in [4.69, 9.17) is 17.0 Å². The predicted octanol–water partition coefficient (Wildman–Crippen LogP) is 1.77. The molecule has 2 heterocycles. The number of hydrogen-bond acceptors (Lipinski definition) is 3. The smallest absolute Gasteiger partial charge is 0.171 e. The summed E-state index contributed by atoms with van der Waals surface area (Å²) in [5, 5.41) is 4.16.